The van der Waals surface area contributed by atoms with E-state index in [1.165, 1.54) is 19.2 Å². The summed E-state index contributed by atoms with van der Waals surface area (Å²) in [6.07, 6.45) is 0.643. The number of carbonyl (C=O) groups excluding carboxylic acids is 2. The largest absolute Gasteiger partial charge is 0.497 e. The Bertz CT molecular complexity index is 1310. The quantitative estimate of drug-likeness (QED) is 0.349. The maximum absolute atomic E-state index is 13.6. The maximum Gasteiger partial charge on any atom is 0.264 e. The molecule has 2 N–H and O–H groups in total. The van der Waals surface area contributed by atoms with E-state index in [9.17, 15) is 18.0 Å². The molecule has 196 valence electrons. The molecule has 0 heterocycles. The summed E-state index contributed by atoms with van der Waals surface area (Å²) in [7, 11) is -0.989. The fourth-order valence-corrected chi connectivity index (χ4v) is 4.95. The number of nitrogens with one attached hydrogen (secondary N) is 2. The molecule has 0 spiro atoms. The van der Waals surface area contributed by atoms with E-state index in [0.29, 0.717) is 31.0 Å². The van der Waals surface area contributed by atoms with E-state index in [2.05, 4.69) is 10.6 Å². The van der Waals surface area contributed by atoms with E-state index >= 15 is 0 Å². The summed E-state index contributed by atoms with van der Waals surface area (Å²) >= 11 is 0. The second-order valence-corrected chi connectivity index (χ2v) is 10.1. The predicted octanol–water partition coefficient (Wildman–Crippen LogP) is 3.60. The molecule has 2 amide bonds. The van der Waals surface area contributed by atoms with Gasteiger partial charge in [-0.2, -0.15) is 0 Å². The van der Waals surface area contributed by atoms with Crippen LogP contribution in [0.15, 0.2) is 77.7 Å². The number of hydrogen-bond donors (Lipinski definition) is 2. The number of nitrogens with zero attached hydrogens (tertiary/aromatic N) is 1. The highest BCUT2D eigenvalue weighted by Crippen LogP contribution is 2.26. The fourth-order valence-electron chi connectivity index (χ4n) is 3.52. The van der Waals surface area contributed by atoms with Crippen LogP contribution in [0.1, 0.15) is 22.3 Å². The minimum atomic E-state index is -4.08. The van der Waals surface area contributed by atoms with Gasteiger partial charge in [-0.15, -0.1) is 0 Å². The molecule has 37 heavy (non-hydrogen) atoms. The van der Waals surface area contributed by atoms with Gasteiger partial charge in [0.15, 0.2) is 0 Å². The first-order chi connectivity index (χ1) is 17.8. The molecule has 3 aromatic carbocycles. The van der Waals surface area contributed by atoms with Crippen molar-refractivity contribution in [3.63, 3.8) is 0 Å². The summed E-state index contributed by atoms with van der Waals surface area (Å²) in [5.74, 6) is -0.413. The smallest absolute Gasteiger partial charge is 0.264 e. The van der Waals surface area contributed by atoms with E-state index in [4.69, 9.17) is 9.47 Å². The van der Waals surface area contributed by atoms with Gasteiger partial charge in [-0.1, -0.05) is 29.8 Å². The summed E-state index contributed by atoms with van der Waals surface area (Å²) in [5.41, 5.74) is 1.75. The number of amides is 2. The zero-order valence-corrected chi connectivity index (χ0v) is 21.9. The SMILES string of the molecule is COCCCNC(=O)c1ccccc1NC(=O)CN(c1ccc(OC)cc1)S(=O)(=O)c1ccc(C)cc1. The summed E-state index contributed by atoms with van der Waals surface area (Å²) < 4.78 is 38.3. The van der Waals surface area contributed by atoms with Gasteiger partial charge in [0.1, 0.15) is 12.3 Å². The summed E-state index contributed by atoms with van der Waals surface area (Å²) in [6.45, 7) is 2.27. The molecule has 0 aliphatic heterocycles. The Balaban J connectivity index is 1.86. The summed E-state index contributed by atoms with van der Waals surface area (Å²) in [4.78, 5) is 25.9. The molecule has 0 bridgehead atoms. The number of carbonyl (C=O) groups is 2. The number of hydrogen-bond acceptors (Lipinski definition) is 6. The molecule has 0 saturated heterocycles. The average Bonchev–Trinajstić information content (AvgIpc) is 2.90. The van der Waals surface area contributed by atoms with Gasteiger partial charge >= 0.3 is 0 Å². The third kappa shape index (κ3) is 7.31. The van der Waals surface area contributed by atoms with Crippen molar-refractivity contribution in [2.24, 2.45) is 0 Å². The molecule has 0 unspecified atom stereocenters. The number of aryl methyl sites for hydroxylation is 1. The number of benzene rings is 3. The van der Waals surface area contributed by atoms with Crippen LogP contribution < -0.4 is 19.7 Å². The molecule has 10 heteroatoms. The van der Waals surface area contributed by atoms with E-state index in [1.54, 1.807) is 67.8 Å². The lowest BCUT2D eigenvalue weighted by Gasteiger charge is -2.24. The van der Waals surface area contributed by atoms with Crippen LogP contribution in [-0.4, -0.2) is 54.1 Å². The Hall–Kier alpha value is -3.89. The molecular weight excluding hydrogens is 494 g/mol. The lowest BCUT2D eigenvalue weighted by atomic mass is 10.1. The van der Waals surface area contributed by atoms with Gasteiger partial charge < -0.3 is 20.1 Å². The Morgan fingerprint density at radius 2 is 1.59 bits per heavy atom. The highest BCUT2D eigenvalue weighted by atomic mass is 32.2. The van der Waals surface area contributed by atoms with E-state index in [1.807, 2.05) is 6.92 Å². The molecule has 0 aliphatic rings. The summed E-state index contributed by atoms with van der Waals surface area (Å²) in [6, 6.07) is 19.3. The van der Waals surface area contributed by atoms with Crippen molar-refractivity contribution in [3.05, 3.63) is 83.9 Å². The predicted molar refractivity (Wildman–Crippen MR) is 143 cm³/mol. The molecule has 0 fully saturated rings. The van der Waals surface area contributed by atoms with Crippen LogP contribution in [0, 0.1) is 6.92 Å². The van der Waals surface area contributed by atoms with Crippen molar-refractivity contribution in [2.45, 2.75) is 18.2 Å². The van der Waals surface area contributed by atoms with Crippen molar-refractivity contribution in [2.75, 3.05) is 43.5 Å². The Labute approximate surface area is 217 Å². The zero-order chi connectivity index (χ0) is 26.8. The molecule has 0 radical (unpaired) electrons. The maximum atomic E-state index is 13.6. The van der Waals surface area contributed by atoms with Crippen molar-refractivity contribution in [1.82, 2.24) is 5.32 Å². The van der Waals surface area contributed by atoms with Crippen molar-refractivity contribution in [3.8, 4) is 5.75 Å². The number of ether oxygens (including phenoxy) is 2. The topological polar surface area (TPSA) is 114 Å². The monoisotopic (exact) mass is 525 g/mol. The van der Waals surface area contributed by atoms with Crippen LogP contribution >= 0.6 is 0 Å². The van der Waals surface area contributed by atoms with E-state index in [-0.39, 0.29) is 22.1 Å². The Morgan fingerprint density at radius 1 is 0.919 bits per heavy atom. The van der Waals surface area contributed by atoms with E-state index in [0.717, 1.165) is 9.87 Å². The van der Waals surface area contributed by atoms with Crippen molar-refractivity contribution >= 4 is 33.2 Å². The van der Waals surface area contributed by atoms with Gasteiger partial charge in [0.2, 0.25) is 5.91 Å². The second-order valence-electron chi connectivity index (χ2n) is 8.22. The molecule has 0 saturated carbocycles. The van der Waals surface area contributed by atoms with Gasteiger partial charge in [0, 0.05) is 20.3 Å². The van der Waals surface area contributed by atoms with Crippen LogP contribution in [0.4, 0.5) is 11.4 Å². The number of sulfonamides is 1. The molecule has 0 aromatic heterocycles. The standard InChI is InChI=1S/C27H31N3O6S/c1-20-9-15-23(16-10-20)37(33,34)30(21-11-13-22(36-3)14-12-21)19-26(31)29-25-8-5-4-7-24(25)27(32)28-17-6-18-35-2/h4-5,7-16H,6,17-19H2,1-3H3,(H,28,32)(H,29,31). The number of methoxy groups -OCH3 is 2. The van der Waals surface area contributed by atoms with Crippen molar-refractivity contribution in [1.29, 1.82) is 0 Å². The van der Waals surface area contributed by atoms with Gasteiger partial charge in [-0.25, -0.2) is 8.42 Å². The first kappa shape index (κ1) is 27.7. The Kier molecular flexibility index (Phi) is 9.64. The van der Waals surface area contributed by atoms with Crippen LogP contribution in [0.5, 0.6) is 5.75 Å². The zero-order valence-electron chi connectivity index (χ0n) is 21.1. The van der Waals surface area contributed by atoms with Crippen LogP contribution in [0.3, 0.4) is 0 Å². The van der Waals surface area contributed by atoms with Gasteiger partial charge in [0.05, 0.1) is 28.9 Å². The third-order valence-corrected chi connectivity index (χ3v) is 7.30. The molecule has 0 aliphatic carbocycles. The van der Waals surface area contributed by atoms with Crippen molar-refractivity contribution < 1.29 is 27.5 Å². The van der Waals surface area contributed by atoms with Crippen LogP contribution in [0.2, 0.25) is 0 Å². The normalized spacial score (nSPS) is 11.0. The lowest BCUT2D eigenvalue weighted by Crippen LogP contribution is -2.38. The minimum absolute atomic E-state index is 0.0533. The van der Waals surface area contributed by atoms with Crippen LogP contribution in [0.25, 0.3) is 0 Å². The molecular formula is C27H31N3O6S. The van der Waals surface area contributed by atoms with Crippen LogP contribution in [-0.2, 0) is 19.6 Å². The first-order valence-electron chi connectivity index (χ1n) is 11.7. The number of rotatable bonds is 12. The molecule has 3 aromatic rings. The fraction of sp³-hybridized carbons (Fsp3) is 0.259. The van der Waals surface area contributed by atoms with Gasteiger partial charge in [-0.3, -0.25) is 13.9 Å². The Morgan fingerprint density at radius 3 is 2.24 bits per heavy atom. The summed E-state index contributed by atoms with van der Waals surface area (Å²) in [5, 5.41) is 5.48. The first-order valence-corrected chi connectivity index (χ1v) is 13.1. The second kappa shape index (κ2) is 12.9. The third-order valence-electron chi connectivity index (χ3n) is 5.51. The van der Waals surface area contributed by atoms with Gasteiger partial charge in [-0.05, 0) is 61.9 Å². The minimum Gasteiger partial charge on any atom is -0.497 e. The average molecular weight is 526 g/mol. The van der Waals surface area contributed by atoms with E-state index < -0.39 is 22.5 Å². The molecule has 0 atom stereocenters. The number of para-hydroxylation sites is 1. The highest BCUT2D eigenvalue weighted by Gasteiger charge is 2.27. The highest BCUT2D eigenvalue weighted by molar-refractivity contribution is 7.92. The molecule has 9 nitrogen and oxygen atoms in total. The number of anilines is 2. The lowest BCUT2D eigenvalue weighted by molar-refractivity contribution is -0.114. The van der Waals surface area contributed by atoms with Gasteiger partial charge in [0.25, 0.3) is 15.9 Å². The molecule has 3 rings (SSSR count).